The number of para-hydroxylation sites is 1. The number of likely N-dealkylation sites (N-methyl/N-ethyl adjacent to an activating group) is 1. The molecule has 4 nitrogen and oxygen atoms in total. The highest BCUT2D eigenvalue weighted by Crippen LogP contribution is 2.21. The van der Waals surface area contributed by atoms with Crippen LogP contribution in [-0.4, -0.2) is 49.3 Å². The molecule has 1 atom stereocenters. The molecule has 2 N–H and O–H groups in total. The summed E-state index contributed by atoms with van der Waals surface area (Å²) in [5.74, 6) is 0. The number of benzene rings is 1. The summed E-state index contributed by atoms with van der Waals surface area (Å²) in [6, 6.07) is 8.95. The number of aromatic amines is 1. The summed E-state index contributed by atoms with van der Waals surface area (Å²) in [5.41, 5.74) is 2.59. The highest BCUT2D eigenvalue weighted by Gasteiger charge is 2.23. The molecule has 0 radical (unpaired) electrons. The van der Waals surface area contributed by atoms with Gasteiger partial charge in [0.05, 0.1) is 13.2 Å². The summed E-state index contributed by atoms with van der Waals surface area (Å²) >= 11 is 0. The first-order valence-electron chi connectivity index (χ1n) is 6.90. The molecule has 2 heterocycles. The van der Waals surface area contributed by atoms with E-state index in [-0.39, 0.29) is 0 Å². The van der Waals surface area contributed by atoms with Gasteiger partial charge in [0.15, 0.2) is 0 Å². The van der Waals surface area contributed by atoms with Crippen molar-refractivity contribution in [3.8, 4) is 0 Å². The Labute approximate surface area is 113 Å². The van der Waals surface area contributed by atoms with Crippen LogP contribution in [0.1, 0.15) is 5.56 Å². The fraction of sp³-hybridized carbons (Fsp3) is 0.467. The summed E-state index contributed by atoms with van der Waals surface area (Å²) in [6.07, 6.45) is 2.14. The van der Waals surface area contributed by atoms with Crippen molar-refractivity contribution in [2.45, 2.75) is 12.6 Å². The van der Waals surface area contributed by atoms with Crippen LogP contribution in [0.3, 0.4) is 0 Å². The molecule has 1 fully saturated rings. The van der Waals surface area contributed by atoms with E-state index in [1.165, 1.54) is 16.5 Å². The van der Waals surface area contributed by atoms with Gasteiger partial charge < -0.3 is 15.0 Å². The van der Waals surface area contributed by atoms with Crippen LogP contribution < -0.4 is 5.32 Å². The lowest BCUT2D eigenvalue weighted by molar-refractivity contribution is -0.0101. The fourth-order valence-electron chi connectivity index (χ4n) is 2.80. The predicted molar refractivity (Wildman–Crippen MR) is 77.2 cm³/mol. The molecular weight excluding hydrogens is 238 g/mol. The van der Waals surface area contributed by atoms with E-state index in [2.05, 4.69) is 45.7 Å². The van der Waals surface area contributed by atoms with Crippen LogP contribution >= 0.6 is 0 Å². The van der Waals surface area contributed by atoms with Crippen LogP contribution in [0.25, 0.3) is 10.9 Å². The maximum absolute atomic E-state index is 5.58. The molecule has 1 aliphatic heterocycles. The average molecular weight is 259 g/mol. The van der Waals surface area contributed by atoms with Crippen LogP contribution in [0.5, 0.6) is 0 Å². The number of morpholine rings is 1. The first kappa shape index (κ1) is 12.7. The van der Waals surface area contributed by atoms with Crippen molar-refractivity contribution in [2.24, 2.45) is 0 Å². The zero-order valence-electron chi connectivity index (χ0n) is 11.4. The van der Waals surface area contributed by atoms with E-state index in [0.29, 0.717) is 6.04 Å². The number of hydrogen-bond acceptors (Lipinski definition) is 3. The third kappa shape index (κ3) is 2.66. The number of aromatic nitrogens is 1. The van der Waals surface area contributed by atoms with E-state index in [4.69, 9.17) is 4.74 Å². The van der Waals surface area contributed by atoms with Gasteiger partial charge in [-0.05, 0) is 18.7 Å². The molecule has 0 bridgehead atoms. The lowest BCUT2D eigenvalue weighted by Crippen LogP contribution is -2.49. The minimum atomic E-state index is 0.465. The minimum Gasteiger partial charge on any atom is -0.378 e. The first-order chi connectivity index (χ1) is 9.38. The smallest absolute Gasteiger partial charge is 0.0635 e. The summed E-state index contributed by atoms with van der Waals surface area (Å²) in [6.45, 7) is 4.62. The summed E-state index contributed by atoms with van der Waals surface area (Å²) in [7, 11) is 2.00. The van der Waals surface area contributed by atoms with Crippen molar-refractivity contribution in [1.82, 2.24) is 15.2 Å². The lowest BCUT2D eigenvalue weighted by atomic mass is 10.1. The number of ether oxygens (including phenoxy) is 1. The molecule has 19 heavy (non-hydrogen) atoms. The van der Waals surface area contributed by atoms with Crippen LogP contribution in [0.15, 0.2) is 30.5 Å². The molecule has 102 valence electrons. The lowest BCUT2D eigenvalue weighted by Gasteiger charge is -2.35. The fourth-order valence-corrected chi connectivity index (χ4v) is 2.80. The second-order valence-corrected chi connectivity index (χ2v) is 5.12. The Morgan fingerprint density at radius 2 is 2.32 bits per heavy atom. The van der Waals surface area contributed by atoms with Gasteiger partial charge in [0.25, 0.3) is 0 Å². The Balaban J connectivity index is 1.79. The van der Waals surface area contributed by atoms with Gasteiger partial charge in [0.2, 0.25) is 0 Å². The van der Waals surface area contributed by atoms with E-state index in [1.54, 1.807) is 0 Å². The van der Waals surface area contributed by atoms with E-state index >= 15 is 0 Å². The summed E-state index contributed by atoms with van der Waals surface area (Å²) in [5, 5.41) is 4.59. The molecule has 1 saturated heterocycles. The van der Waals surface area contributed by atoms with E-state index in [0.717, 1.165) is 32.8 Å². The van der Waals surface area contributed by atoms with Crippen molar-refractivity contribution in [3.63, 3.8) is 0 Å². The van der Waals surface area contributed by atoms with E-state index < -0.39 is 0 Å². The maximum atomic E-state index is 5.58. The van der Waals surface area contributed by atoms with Crippen LogP contribution in [-0.2, 0) is 11.3 Å². The topological polar surface area (TPSA) is 40.3 Å². The number of fused-ring (bicyclic) bond motifs is 1. The Kier molecular flexibility index (Phi) is 3.82. The van der Waals surface area contributed by atoms with Crippen LogP contribution in [0, 0.1) is 0 Å². The summed E-state index contributed by atoms with van der Waals surface area (Å²) in [4.78, 5) is 5.86. The molecule has 0 amide bonds. The number of nitrogens with one attached hydrogen (secondary N) is 2. The molecular formula is C15H21N3O. The van der Waals surface area contributed by atoms with Gasteiger partial charge in [-0.2, -0.15) is 0 Å². The van der Waals surface area contributed by atoms with Gasteiger partial charge in [-0.25, -0.2) is 0 Å². The number of nitrogens with zero attached hydrogens (tertiary/aromatic N) is 1. The molecule has 4 heteroatoms. The predicted octanol–water partition coefficient (Wildman–Crippen LogP) is 1.59. The van der Waals surface area contributed by atoms with Crippen molar-refractivity contribution >= 4 is 10.9 Å². The quantitative estimate of drug-likeness (QED) is 0.876. The first-order valence-corrected chi connectivity index (χ1v) is 6.90. The number of rotatable bonds is 4. The van der Waals surface area contributed by atoms with Crippen LogP contribution in [0.2, 0.25) is 0 Å². The SMILES string of the molecule is CNCC1COCCN1Cc1c[nH]c2ccccc12. The average Bonchev–Trinajstić information content (AvgIpc) is 2.85. The van der Waals surface area contributed by atoms with Crippen molar-refractivity contribution < 1.29 is 4.74 Å². The van der Waals surface area contributed by atoms with E-state index in [1.807, 2.05) is 7.05 Å². The molecule has 0 spiro atoms. The van der Waals surface area contributed by atoms with Crippen molar-refractivity contribution in [2.75, 3.05) is 33.4 Å². The molecule has 1 aliphatic rings. The number of H-pyrrole nitrogens is 1. The maximum Gasteiger partial charge on any atom is 0.0635 e. The van der Waals surface area contributed by atoms with Gasteiger partial charge in [-0.3, -0.25) is 4.90 Å². The van der Waals surface area contributed by atoms with Gasteiger partial charge in [0, 0.05) is 42.8 Å². The molecule has 1 aromatic carbocycles. The van der Waals surface area contributed by atoms with Gasteiger partial charge in [-0.15, -0.1) is 0 Å². The van der Waals surface area contributed by atoms with Gasteiger partial charge >= 0.3 is 0 Å². The zero-order chi connectivity index (χ0) is 13.1. The second kappa shape index (κ2) is 5.74. The Bertz CT molecular complexity index is 535. The zero-order valence-corrected chi connectivity index (χ0v) is 11.4. The highest BCUT2D eigenvalue weighted by molar-refractivity contribution is 5.82. The van der Waals surface area contributed by atoms with Crippen molar-refractivity contribution in [1.29, 1.82) is 0 Å². The Morgan fingerprint density at radius 1 is 1.42 bits per heavy atom. The summed E-state index contributed by atoms with van der Waals surface area (Å²) < 4.78 is 5.58. The molecule has 2 aromatic rings. The third-order valence-corrected chi connectivity index (χ3v) is 3.84. The highest BCUT2D eigenvalue weighted by atomic mass is 16.5. The van der Waals surface area contributed by atoms with Gasteiger partial charge in [-0.1, -0.05) is 18.2 Å². The minimum absolute atomic E-state index is 0.465. The monoisotopic (exact) mass is 259 g/mol. The molecule has 0 aliphatic carbocycles. The van der Waals surface area contributed by atoms with Crippen molar-refractivity contribution in [3.05, 3.63) is 36.0 Å². The molecule has 3 rings (SSSR count). The standard InChI is InChI=1S/C15H21N3O/c1-16-9-13-11-19-7-6-18(13)10-12-8-17-15-5-3-2-4-14(12)15/h2-5,8,13,16-17H,6-7,9-11H2,1H3. The van der Waals surface area contributed by atoms with Gasteiger partial charge in [0.1, 0.15) is 0 Å². The normalized spacial score (nSPS) is 21.0. The van der Waals surface area contributed by atoms with Crippen LogP contribution in [0.4, 0.5) is 0 Å². The number of hydrogen-bond donors (Lipinski definition) is 2. The van der Waals surface area contributed by atoms with E-state index in [9.17, 15) is 0 Å². The Hall–Kier alpha value is -1.36. The molecule has 0 saturated carbocycles. The largest absolute Gasteiger partial charge is 0.378 e. The Morgan fingerprint density at radius 3 is 3.21 bits per heavy atom. The molecule has 1 aromatic heterocycles. The molecule has 1 unspecified atom stereocenters. The third-order valence-electron chi connectivity index (χ3n) is 3.84. The second-order valence-electron chi connectivity index (χ2n) is 5.12.